The molecule has 3 N–H and O–H groups in total. The summed E-state index contributed by atoms with van der Waals surface area (Å²) in [5.41, 5.74) is 6.21. The first-order chi connectivity index (χ1) is 4.09. The van der Waals surface area contributed by atoms with Gasteiger partial charge < -0.3 is 11.1 Å². The van der Waals surface area contributed by atoms with Crippen molar-refractivity contribution in [3.63, 3.8) is 0 Å². The van der Waals surface area contributed by atoms with Gasteiger partial charge in [-0.25, -0.2) is 0 Å². The van der Waals surface area contributed by atoms with Gasteiger partial charge in [0.05, 0.1) is 0 Å². The van der Waals surface area contributed by atoms with E-state index in [0.29, 0.717) is 11.6 Å². The quantitative estimate of drug-likeness (QED) is 0.587. The zero-order chi connectivity index (χ0) is 7.44. The van der Waals surface area contributed by atoms with Crippen molar-refractivity contribution < 1.29 is 0 Å². The minimum Gasteiger partial charge on any atom is -0.401 e. The van der Waals surface area contributed by atoms with Gasteiger partial charge in [0.15, 0.2) is 0 Å². The van der Waals surface area contributed by atoms with Crippen molar-refractivity contribution in [1.82, 2.24) is 5.32 Å². The molecule has 0 saturated carbocycles. The molecular formula is C7H16N2. The Morgan fingerprint density at radius 2 is 2.00 bits per heavy atom. The first-order valence-electron chi connectivity index (χ1n) is 3.21. The second-order valence-corrected chi connectivity index (χ2v) is 2.59. The molecule has 0 spiro atoms. The van der Waals surface area contributed by atoms with Gasteiger partial charge in [0.25, 0.3) is 0 Å². The number of hydrogen-bond acceptors (Lipinski definition) is 2. The minimum atomic E-state index is 0.255. The van der Waals surface area contributed by atoms with E-state index >= 15 is 0 Å². The molecule has 2 nitrogen and oxygen atoms in total. The monoisotopic (exact) mass is 128 g/mol. The van der Waals surface area contributed by atoms with Gasteiger partial charge in [0.1, 0.15) is 0 Å². The third-order valence-corrected chi connectivity index (χ3v) is 1.38. The molecule has 0 unspecified atom stereocenters. The summed E-state index contributed by atoms with van der Waals surface area (Å²) in [4.78, 5) is 0. The van der Waals surface area contributed by atoms with Crippen molar-refractivity contribution in [2.24, 2.45) is 11.7 Å². The van der Waals surface area contributed by atoms with Crippen LogP contribution in [0, 0.1) is 5.92 Å². The molecule has 2 heteroatoms. The topological polar surface area (TPSA) is 38.0 Å². The number of rotatable bonds is 3. The third kappa shape index (κ3) is 2.51. The zero-order valence-corrected chi connectivity index (χ0v) is 6.44. The molecule has 0 heterocycles. The number of nitrogens with one attached hydrogen (secondary N) is 1. The van der Waals surface area contributed by atoms with Gasteiger partial charge in [0.2, 0.25) is 0 Å². The lowest BCUT2D eigenvalue weighted by Crippen LogP contribution is -2.35. The van der Waals surface area contributed by atoms with Gasteiger partial charge >= 0.3 is 0 Å². The molecule has 0 rings (SSSR count). The highest BCUT2D eigenvalue weighted by Gasteiger charge is 2.10. The van der Waals surface area contributed by atoms with E-state index in [1.165, 1.54) is 0 Å². The van der Waals surface area contributed by atoms with E-state index < -0.39 is 0 Å². The fourth-order valence-corrected chi connectivity index (χ4v) is 0.947. The van der Waals surface area contributed by atoms with Gasteiger partial charge in [-0.1, -0.05) is 20.4 Å². The lowest BCUT2D eigenvalue weighted by molar-refractivity contribution is 0.476. The van der Waals surface area contributed by atoms with E-state index in [1.54, 1.807) is 0 Å². The van der Waals surface area contributed by atoms with Crippen LogP contribution in [0.3, 0.4) is 0 Å². The highest BCUT2D eigenvalue weighted by atomic mass is 14.9. The summed E-state index contributed by atoms with van der Waals surface area (Å²) in [6.07, 6.45) is 0. The number of hydrogen-bond donors (Lipinski definition) is 2. The summed E-state index contributed by atoms with van der Waals surface area (Å²) in [5, 5.41) is 3.08. The molecule has 0 aliphatic heterocycles. The molecule has 0 bridgehead atoms. The van der Waals surface area contributed by atoms with Crippen molar-refractivity contribution in [1.29, 1.82) is 0 Å². The van der Waals surface area contributed by atoms with Crippen molar-refractivity contribution in [2.45, 2.75) is 19.9 Å². The van der Waals surface area contributed by atoms with Crippen LogP contribution >= 0.6 is 0 Å². The summed E-state index contributed by atoms with van der Waals surface area (Å²) >= 11 is 0. The van der Waals surface area contributed by atoms with Crippen molar-refractivity contribution >= 4 is 0 Å². The molecule has 0 aliphatic rings. The van der Waals surface area contributed by atoms with E-state index in [-0.39, 0.29) is 6.04 Å². The van der Waals surface area contributed by atoms with Crippen LogP contribution in [0.1, 0.15) is 13.8 Å². The molecular weight excluding hydrogens is 112 g/mol. The standard InChI is InChI=1S/C7H16N2/c1-5(2)7(9-4)6(3)8/h5,7,9H,3,8H2,1-2,4H3/t7-/m0/s1. The fraction of sp³-hybridized carbons (Fsp3) is 0.714. The fourth-order valence-electron chi connectivity index (χ4n) is 0.947. The minimum absolute atomic E-state index is 0.255. The highest BCUT2D eigenvalue weighted by molar-refractivity contribution is 5.00. The molecule has 0 fully saturated rings. The summed E-state index contributed by atoms with van der Waals surface area (Å²) in [6, 6.07) is 0.255. The van der Waals surface area contributed by atoms with Crippen LogP contribution in [0.15, 0.2) is 12.3 Å². The average molecular weight is 128 g/mol. The second kappa shape index (κ2) is 3.51. The van der Waals surface area contributed by atoms with Crippen LogP contribution in [0.2, 0.25) is 0 Å². The molecule has 0 aromatic rings. The molecule has 0 amide bonds. The summed E-state index contributed by atoms with van der Waals surface area (Å²) in [5.74, 6) is 0.521. The van der Waals surface area contributed by atoms with E-state index in [9.17, 15) is 0 Å². The molecule has 0 saturated heterocycles. The van der Waals surface area contributed by atoms with Gasteiger partial charge in [-0.15, -0.1) is 0 Å². The van der Waals surface area contributed by atoms with Crippen LogP contribution in [0.4, 0.5) is 0 Å². The SMILES string of the molecule is C=C(N)[C@@H](NC)C(C)C. The maximum Gasteiger partial charge on any atom is 0.0482 e. The number of nitrogens with two attached hydrogens (primary N) is 1. The van der Waals surface area contributed by atoms with E-state index in [4.69, 9.17) is 5.73 Å². The first kappa shape index (κ1) is 8.50. The third-order valence-electron chi connectivity index (χ3n) is 1.38. The Bertz CT molecular complexity index is 97.1. The van der Waals surface area contributed by atoms with Gasteiger partial charge in [-0.2, -0.15) is 0 Å². The second-order valence-electron chi connectivity index (χ2n) is 2.59. The zero-order valence-electron chi connectivity index (χ0n) is 6.44. The lowest BCUT2D eigenvalue weighted by Gasteiger charge is -2.19. The Morgan fingerprint density at radius 3 is 2.00 bits per heavy atom. The first-order valence-corrected chi connectivity index (χ1v) is 3.21. The van der Waals surface area contributed by atoms with Gasteiger partial charge in [0, 0.05) is 11.7 Å². The van der Waals surface area contributed by atoms with Crippen LogP contribution in [0.5, 0.6) is 0 Å². The predicted molar refractivity (Wildman–Crippen MR) is 41.0 cm³/mol. The Balaban J connectivity index is 3.83. The van der Waals surface area contributed by atoms with Crippen molar-refractivity contribution in [2.75, 3.05) is 7.05 Å². The normalized spacial score (nSPS) is 13.8. The maximum atomic E-state index is 5.49. The summed E-state index contributed by atoms with van der Waals surface area (Å²) in [6.45, 7) is 7.88. The molecule has 0 aromatic carbocycles. The molecule has 1 atom stereocenters. The summed E-state index contributed by atoms with van der Waals surface area (Å²) in [7, 11) is 1.89. The Labute approximate surface area is 57.1 Å². The van der Waals surface area contributed by atoms with Crippen molar-refractivity contribution in [3.8, 4) is 0 Å². The molecule has 0 aromatic heterocycles. The van der Waals surface area contributed by atoms with Crippen LogP contribution in [0.25, 0.3) is 0 Å². The Morgan fingerprint density at radius 1 is 1.56 bits per heavy atom. The van der Waals surface area contributed by atoms with Crippen LogP contribution in [-0.2, 0) is 0 Å². The number of likely N-dealkylation sites (N-methyl/N-ethyl adjacent to an activating group) is 1. The van der Waals surface area contributed by atoms with Gasteiger partial charge in [-0.3, -0.25) is 0 Å². The van der Waals surface area contributed by atoms with E-state index in [1.807, 2.05) is 7.05 Å². The molecule has 0 aliphatic carbocycles. The van der Waals surface area contributed by atoms with Gasteiger partial charge in [-0.05, 0) is 13.0 Å². The summed E-state index contributed by atoms with van der Waals surface area (Å²) < 4.78 is 0. The molecule has 0 radical (unpaired) electrons. The molecule has 54 valence electrons. The molecule has 9 heavy (non-hydrogen) atoms. The maximum absolute atomic E-state index is 5.49. The largest absolute Gasteiger partial charge is 0.401 e. The lowest BCUT2D eigenvalue weighted by atomic mass is 10.0. The van der Waals surface area contributed by atoms with E-state index in [0.717, 1.165) is 0 Å². The smallest absolute Gasteiger partial charge is 0.0482 e. The predicted octanol–water partition coefficient (Wildman–Crippen LogP) is 0.703. The van der Waals surface area contributed by atoms with E-state index in [2.05, 4.69) is 25.7 Å². The average Bonchev–Trinajstić information content (AvgIpc) is 1.64. The van der Waals surface area contributed by atoms with Crippen LogP contribution < -0.4 is 11.1 Å². The highest BCUT2D eigenvalue weighted by Crippen LogP contribution is 2.04. The Hall–Kier alpha value is -0.500. The van der Waals surface area contributed by atoms with Crippen LogP contribution in [-0.4, -0.2) is 13.1 Å². The Kier molecular flexibility index (Phi) is 3.32. The van der Waals surface area contributed by atoms with Crippen molar-refractivity contribution in [3.05, 3.63) is 12.3 Å².